The third-order valence-corrected chi connectivity index (χ3v) is 5.08. The van der Waals surface area contributed by atoms with Gasteiger partial charge in [0.05, 0.1) is 5.54 Å². The molecule has 2 fully saturated rings. The van der Waals surface area contributed by atoms with Crippen LogP contribution in [0.5, 0.6) is 0 Å². The lowest BCUT2D eigenvalue weighted by molar-refractivity contribution is -0.132. The molecule has 142 valence electrons. The van der Waals surface area contributed by atoms with E-state index in [0.717, 1.165) is 5.56 Å². The molecule has 2 atom stereocenters. The topological polar surface area (TPSA) is 58.6 Å². The number of rotatable bonds is 5. The van der Waals surface area contributed by atoms with Gasteiger partial charge in [-0.2, -0.15) is 0 Å². The van der Waals surface area contributed by atoms with Crippen molar-refractivity contribution in [3.8, 4) is 0 Å². The third-order valence-electron chi connectivity index (χ3n) is 5.08. The number of halogens is 1. The van der Waals surface area contributed by atoms with Crippen molar-refractivity contribution in [2.75, 3.05) is 13.1 Å². The third kappa shape index (κ3) is 4.17. The Hall–Kier alpha value is -2.11. The van der Waals surface area contributed by atoms with E-state index in [0.29, 0.717) is 32.4 Å². The van der Waals surface area contributed by atoms with Crippen LogP contribution in [0.3, 0.4) is 0 Å². The van der Waals surface area contributed by atoms with E-state index in [-0.39, 0.29) is 0 Å². The van der Waals surface area contributed by atoms with Crippen LogP contribution in [-0.2, 0) is 16.0 Å². The molecular formula is C20H27FN2O3. The Morgan fingerprint density at radius 3 is 2.54 bits per heavy atom. The number of ether oxygens (including phenoxy) is 1. The van der Waals surface area contributed by atoms with Gasteiger partial charge < -0.3 is 15.0 Å². The Kier molecular flexibility index (Phi) is 4.95. The number of likely N-dealkylation sites (tertiary alicyclic amines) is 1. The van der Waals surface area contributed by atoms with E-state index in [4.69, 9.17) is 4.74 Å². The summed E-state index contributed by atoms with van der Waals surface area (Å²) in [6.07, 6.45) is -0.0622. The normalized spacial score (nSPS) is 24.5. The summed E-state index contributed by atoms with van der Waals surface area (Å²) < 4.78 is 20.0. The van der Waals surface area contributed by atoms with Gasteiger partial charge >= 0.3 is 6.09 Å². The van der Waals surface area contributed by atoms with Crippen molar-refractivity contribution in [1.29, 1.82) is 0 Å². The average molecular weight is 362 g/mol. The highest BCUT2D eigenvalue weighted by molar-refractivity contribution is 5.84. The summed E-state index contributed by atoms with van der Waals surface area (Å²) in [6, 6.07) is 9.84. The Morgan fingerprint density at radius 2 is 1.96 bits per heavy atom. The first kappa shape index (κ1) is 18.7. The molecule has 0 spiro atoms. The number of hydrogen-bond acceptors (Lipinski definition) is 3. The van der Waals surface area contributed by atoms with Gasteiger partial charge in [-0.15, -0.1) is 0 Å². The fourth-order valence-corrected chi connectivity index (χ4v) is 3.56. The molecule has 1 heterocycles. The Balaban J connectivity index is 1.60. The lowest BCUT2D eigenvalue weighted by Crippen LogP contribution is -2.48. The molecule has 1 aromatic carbocycles. The first-order chi connectivity index (χ1) is 12.2. The number of nitrogens with zero attached hydrogens (tertiary/aromatic N) is 1. The summed E-state index contributed by atoms with van der Waals surface area (Å²) in [5.41, 5.74) is -0.145. The molecule has 1 aliphatic heterocycles. The monoisotopic (exact) mass is 362 g/mol. The number of amides is 2. The van der Waals surface area contributed by atoms with Crippen molar-refractivity contribution in [2.24, 2.45) is 5.92 Å². The lowest BCUT2D eigenvalue weighted by atomic mass is 9.95. The van der Waals surface area contributed by atoms with E-state index in [2.05, 4.69) is 5.32 Å². The van der Waals surface area contributed by atoms with E-state index < -0.39 is 35.2 Å². The summed E-state index contributed by atoms with van der Waals surface area (Å²) in [6.45, 7) is 6.18. The summed E-state index contributed by atoms with van der Waals surface area (Å²) in [5, 5.41) is 2.83. The molecule has 1 aromatic rings. The molecule has 1 aliphatic carbocycles. The van der Waals surface area contributed by atoms with Crippen molar-refractivity contribution in [1.82, 2.24) is 10.2 Å². The van der Waals surface area contributed by atoms with Gasteiger partial charge in [-0.05, 0) is 45.6 Å². The first-order valence-electron chi connectivity index (χ1n) is 9.18. The quantitative estimate of drug-likeness (QED) is 0.876. The van der Waals surface area contributed by atoms with Crippen LogP contribution in [0.4, 0.5) is 9.18 Å². The molecule has 6 heteroatoms. The van der Waals surface area contributed by atoms with Crippen LogP contribution in [0, 0.1) is 5.92 Å². The Labute approximate surface area is 153 Å². The molecule has 2 amide bonds. The van der Waals surface area contributed by atoms with Gasteiger partial charge in [0.15, 0.2) is 6.17 Å². The number of alkyl halides is 1. The largest absolute Gasteiger partial charge is 0.444 e. The molecule has 0 bridgehead atoms. The van der Waals surface area contributed by atoms with Gasteiger partial charge in [-0.1, -0.05) is 30.3 Å². The Morgan fingerprint density at radius 1 is 1.31 bits per heavy atom. The van der Waals surface area contributed by atoms with E-state index in [1.165, 1.54) is 0 Å². The molecule has 2 aliphatic rings. The van der Waals surface area contributed by atoms with E-state index in [1.54, 1.807) is 25.7 Å². The van der Waals surface area contributed by atoms with E-state index in [9.17, 15) is 14.0 Å². The number of alkyl carbamates (subject to hydrolysis) is 1. The van der Waals surface area contributed by atoms with Crippen molar-refractivity contribution in [3.63, 3.8) is 0 Å². The lowest BCUT2D eigenvalue weighted by Gasteiger charge is -2.27. The second-order valence-electron chi connectivity index (χ2n) is 8.31. The number of carbonyl (C=O) groups excluding carboxylic acids is 2. The summed E-state index contributed by atoms with van der Waals surface area (Å²) >= 11 is 0. The van der Waals surface area contributed by atoms with E-state index >= 15 is 0 Å². The average Bonchev–Trinajstić information content (AvgIpc) is 3.26. The van der Waals surface area contributed by atoms with Gasteiger partial charge in [0, 0.05) is 19.0 Å². The molecule has 0 aromatic heterocycles. The first-order valence-corrected chi connectivity index (χ1v) is 9.18. The van der Waals surface area contributed by atoms with Crippen LogP contribution in [-0.4, -0.2) is 47.3 Å². The molecule has 26 heavy (non-hydrogen) atoms. The maximum atomic E-state index is 14.7. The standard InChI is InChI=1S/C20H27FN2O3/c1-19(2,3)26-18(25)22-20(10-11-20)15-13-23(17(24)16(15)21)12-9-14-7-5-4-6-8-14/h4-8,15-16H,9-13H2,1-3H3,(H,22,25). The zero-order chi connectivity index (χ0) is 18.9. The molecule has 5 nitrogen and oxygen atoms in total. The highest BCUT2D eigenvalue weighted by Gasteiger charge is 2.59. The van der Waals surface area contributed by atoms with Crippen LogP contribution in [0.1, 0.15) is 39.2 Å². The number of benzene rings is 1. The second-order valence-corrected chi connectivity index (χ2v) is 8.31. The predicted octanol–water partition coefficient (Wildman–Crippen LogP) is 3.08. The predicted molar refractivity (Wildman–Crippen MR) is 96.4 cm³/mol. The molecule has 2 unspecified atom stereocenters. The maximum Gasteiger partial charge on any atom is 0.408 e. The minimum atomic E-state index is -1.57. The molecule has 0 radical (unpaired) electrons. The maximum absolute atomic E-state index is 14.7. The fourth-order valence-electron chi connectivity index (χ4n) is 3.56. The minimum Gasteiger partial charge on any atom is -0.444 e. The van der Waals surface area contributed by atoms with Crippen LogP contribution >= 0.6 is 0 Å². The van der Waals surface area contributed by atoms with E-state index in [1.807, 2.05) is 30.3 Å². The SMILES string of the molecule is CC(C)(C)OC(=O)NC1(C2CN(CCc3ccccc3)C(=O)C2F)CC1. The van der Waals surface area contributed by atoms with Crippen molar-refractivity contribution >= 4 is 12.0 Å². The van der Waals surface area contributed by atoms with Gasteiger partial charge in [0.1, 0.15) is 5.60 Å². The summed E-state index contributed by atoms with van der Waals surface area (Å²) in [7, 11) is 0. The molecule has 1 N–H and O–H groups in total. The number of carbonyl (C=O) groups is 2. The van der Waals surface area contributed by atoms with Gasteiger partial charge in [0.25, 0.3) is 5.91 Å². The van der Waals surface area contributed by atoms with Crippen molar-refractivity contribution in [3.05, 3.63) is 35.9 Å². The zero-order valence-electron chi connectivity index (χ0n) is 15.6. The van der Waals surface area contributed by atoms with Crippen molar-refractivity contribution in [2.45, 2.75) is 57.3 Å². The smallest absolute Gasteiger partial charge is 0.408 e. The summed E-state index contributed by atoms with van der Waals surface area (Å²) in [5.74, 6) is -0.985. The highest BCUT2D eigenvalue weighted by Crippen LogP contribution is 2.47. The zero-order valence-corrected chi connectivity index (χ0v) is 15.6. The van der Waals surface area contributed by atoms with Gasteiger partial charge in [-0.25, -0.2) is 9.18 Å². The minimum absolute atomic E-state index is 0.336. The highest BCUT2D eigenvalue weighted by atomic mass is 19.1. The van der Waals surface area contributed by atoms with Crippen molar-refractivity contribution < 1.29 is 18.7 Å². The van der Waals surface area contributed by atoms with Gasteiger partial charge in [0.2, 0.25) is 0 Å². The number of hydrogen-bond donors (Lipinski definition) is 1. The summed E-state index contributed by atoms with van der Waals surface area (Å²) in [4.78, 5) is 26.0. The Bertz CT molecular complexity index is 667. The van der Waals surface area contributed by atoms with Crippen LogP contribution in [0.2, 0.25) is 0 Å². The van der Waals surface area contributed by atoms with Crippen LogP contribution < -0.4 is 5.32 Å². The molecule has 3 rings (SSSR count). The molecular weight excluding hydrogens is 335 g/mol. The number of nitrogens with one attached hydrogen (secondary N) is 1. The second kappa shape index (κ2) is 6.89. The van der Waals surface area contributed by atoms with Crippen LogP contribution in [0.15, 0.2) is 30.3 Å². The van der Waals surface area contributed by atoms with Crippen LogP contribution in [0.25, 0.3) is 0 Å². The van der Waals surface area contributed by atoms with Gasteiger partial charge in [-0.3, -0.25) is 4.79 Å². The molecule has 1 saturated heterocycles. The molecule has 1 saturated carbocycles. The fraction of sp³-hybridized carbons (Fsp3) is 0.600.